The molecule has 1 aromatic carbocycles. The van der Waals surface area contributed by atoms with Gasteiger partial charge in [-0.3, -0.25) is 0 Å². The maximum Gasteiger partial charge on any atom is 0.124 e. The zero-order valence-electron chi connectivity index (χ0n) is 11.9. The summed E-state index contributed by atoms with van der Waals surface area (Å²) in [7, 11) is 0. The lowest BCUT2D eigenvalue weighted by Gasteiger charge is -2.20. The van der Waals surface area contributed by atoms with Crippen LogP contribution in [-0.4, -0.2) is 25.9 Å². The molecule has 0 spiro atoms. The lowest BCUT2D eigenvalue weighted by molar-refractivity contribution is 0.0743. The lowest BCUT2D eigenvalue weighted by Crippen LogP contribution is -2.29. The van der Waals surface area contributed by atoms with Crippen molar-refractivity contribution in [2.24, 2.45) is 0 Å². The summed E-state index contributed by atoms with van der Waals surface area (Å²) in [5.41, 5.74) is 1.20. The molecule has 0 aliphatic heterocycles. The van der Waals surface area contributed by atoms with Crippen molar-refractivity contribution in [3.63, 3.8) is 0 Å². The van der Waals surface area contributed by atoms with Gasteiger partial charge in [-0.05, 0) is 33.8 Å². The fraction of sp³-hybridized carbons (Fsp3) is 0.600. The van der Waals surface area contributed by atoms with Gasteiger partial charge in [-0.15, -0.1) is 0 Å². The largest absolute Gasteiger partial charge is 0.494 e. The smallest absolute Gasteiger partial charge is 0.124 e. The monoisotopic (exact) mass is 251 g/mol. The normalized spacial score (nSPS) is 14.2. The Balaban J connectivity index is 2.57. The van der Waals surface area contributed by atoms with E-state index < -0.39 is 0 Å². The lowest BCUT2D eigenvalue weighted by atomic mass is 10.1. The Bertz CT molecular complexity index is 341. The average molecular weight is 251 g/mol. The zero-order valence-corrected chi connectivity index (χ0v) is 11.9. The molecule has 0 radical (unpaired) electrons. The van der Waals surface area contributed by atoms with Gasteiger partial charge in [0.15, 0.2) is 0 Å². The topological polar surface area (TPSA) is 30.5 Å². The number of rotatable bonds is 8. The highest BCUT2D eigenvalue weighted by atomic mass is 16.5. The summed E-state index contributed by atoms with van der Waals surface area (Å²) in [6.07, 6.45) is 0.233. The molecule has 102 valence electrons. The van der Waals surface area contributed by atoms with Gasteiger partial charge in [0.05, 0.1) is 12.7 Å². The van der Waals surface area contributed by atoms with Gasteiger partial charge in [0.2, 0.25) is 0 Å². The van der Waals surface area contributed by atoms with Crippen LogP contribution in [0.1, 0.15) is 39.3 Å². The van der Waals surface area contributed by atoms with Crippen molar-refractivity contribution in [2.75, 3.05) is 19.8 Å². The summed E-state index contributed by atoms with van der Waals surface area (Å²) < 4.78 is 11.2. The second kappa shape index (κ2) is 8.11. The Hall–Kier alpha value is -1.06. The molecule has 2 unspecified atom stereocenters. The minimum absolute atomic E-state index is 0.233. The number of hydrogen-bond acceptors (Lipinski definition) is 3. The van der Waals surface area contributed by atoms with Crippen molar-refractivity contribution >= 4 is 0 Å². The Labute approximate surface area is 110 Å². The molecule has 3 nitrogen and oxygen atoms in total. The minimum Gasteiger partial charge on any atom is -0.494 e. The quantitative estimate of drug-likeness (QED) is 0.770. The van der Waals surface area contributed by atoms with Crippen LogP contribution < -0.4 is 10.1 Å². The van der Waals surface area contributed by atoms with Gasteiger partial charge in [0.25, 0.3) is 0 Å². The van der Waals surface area contributed by atoms with Crippen LogP contribution in [0.4, 0.5) is 0 Å². The van der Waals surface area contributed by atoms with E-state index >= 15 is 0 Å². The molecule has 0 heterocycles. The Morgan fingerprint density at radius 1 is 1.11 bits per heavy atom. The first-order valence-corrected chi connectivity index (χ1v) is 6.75. The molecule has 0 saturated carbocycles. The summed E-state index contributed by atoms with van der Waals surface area (Å²) in [5, 5.41) is 3.48. The molecular weight excluding hydrogens is 226 g/mol. The fourth-order valence-electron chi connectivity index (χ4n) is 1.92. The standard InChI is InChI=1S/C15H25NO2/c1-5-17-12(3)11-16-13(4)14-9-7-8-10-15(14)18-6-2/h7-10,12-13,16H,5-6,11H2,1-4H3. The maximum atomic E-state index is 5.64. The molecule has 0 aliphatic carbocycles. The summed E-state index contributed by atoms with van der Waals surface area (Å²) in [5.74, 6) is 0.962. The van der Waals surface area contributed by atoms with Crippen molar-refractivity contribution < 1.29 is 9.47 Å². The van der Waals surface area contributed by atoms with Crippen molar-refractivity contribution in [3.8, 4) is 5.75 Å². The Kier molecular flexibility index (Phi) is 6.76. The van der Waals surface area contributed by atoms with Crippen LogP contribution in [0.3, 0.4) is 0 Å². The number of benzene rings is 1. The molecule has 0 aliphatic rings. The summed E-state index contributed by atoms with van der Waals surface area (Å²) in [6, 6.07) is 8.43. The second-order valence-corrected chi connectivity index (χ2v) is 4.37. The summed E-state index contributed by atoms with van der Waals surface area (Å²) >= 11 is 0. The van der Waals surface area contributed by atoms with Crippen molar-refractivity contribution in [2.45, 2.75) is 39.8 Å². The molecule has 0 aromatic heterocycles. The van der Waals surface area contributed by atoms with Crippen LogP contribution in [0.5, 0.6) is 5.75 Å². The number of para-hydroxylation sites is 1. The molecule has 1 rings (SSSR count). The Morgan fingerprint density at radius 3 is 2.50 bits per heavy atom. The van der Waals surface area contributed by atoms with Crippen LogP contribution >= 0.6 is 0 Å². The minimum atomic E-state index is 0.233. The first kappa shape index (κ1) is 15.0. The van der Waals surface area contributed by atoms with Gasteiger partial charge in [-0.2, -0.15) is 0 Å². The van der Waals surface area contributed by atoms with E-state index in [9.17, 15) is 0 Å². The molecule has 0 amide bonds. The van der Waals surface area contributed by atoms with Gasteiger partial charge in [-0.1, -0.05) is 18.2 Å². The molecule has 0 saturated heterocycles. The third-order valence-corrected chi connectivity index (χ3v) is 2.85. The van der Waals surface area contributed by atoms with E-state index in [0.717, 1.165) is 18.9 Å². The second-order valence-electron chi connectivity index (χ2n) is 4.37. The van der Waals surface area contributed by atoms with Gasteiger partial charge in [-0.25, -0.2) is 0 Å². The van der Waals surface area contributed by atoms with Crippen LogP contribution in [0.15, 0.2) is 24.3 Å². The molecule has 2 atom stereocenters. The van der Waals surface area contributed by atoms with E-state index in [-0.39, 0.29) is 12.1 Å². The number of hydrogen-bond donors (Lipinski definition) is 1. The fourth-order valence-corrected chi connectivity index (χ4v) is 1.92. The first-order valence-electron chi connectivity index (χ1n) is 6.75. The molecule has 0 fully saturated rings. The number of nitrogens with one attached hydrogen (secondary N) is 1. The van der Waals surface area contributed by atoms with Crippen LogP contribution in [0, 0.1) is 0 Å². The maximum absolute atomic E-state index is 5.64. The van der Waals surface area contributed by atoms with Crippen LogP contribution in [0.2, 0.25) is 0 Å². The SMILES string of the molecule is CCOc1ccccc1C(C)NCC(C)OCC. The third kappa shape index (κ3) is 4.67. The van der Waals surface area contributed by atoms with Gasteiger partial charge in [0.1, 0.15) is 5.75 Å². The highest BCUT2D eigenvalue weighted by Crippen LogP contribution is 2.24. The zero-order chi connectivity index (χ0) is 13.4. The highest BCUT2D eigenvalue weighted by Gasteiger charge is 2.11. The van der Waals surface area contributed by atoms with Gasteiger partial charge < -0.3 is 14.8 Å². The van der Waals surface area contributed by atoms with E-state index in [2.05, 4.69) is 25.2 Å². The van der Waals surface area contributed by atoms with Crippen molar-refractivity contribution in [1.82, 2.24) is 5.32 Å². The van der Waals surface area contributed by atoms with E-state index in [1.54, 1.807) is 0 Å². The Morgan fingerprint density at radius 2 is 1.83 bits per heavy atom. The van der Waals surface area contributed by atoms with Crippen molar-refractivity contribution in [1.29, 1.82) is 0 Å². The van der Waals surface area contributed by atoms with Gasteiger partial charge >= 0.3 is 0 Å². The molecule has 3 heteroatoms. The molecule has 1 N–H and O–H groups in total. The highest BCUT2D eigenvalue weighted by molar-refractivity contribution is 5.35. The summed E-state index contributed by atoms with van der Waals surface area (Å²) in [6.45, 7) is 10.5. The predicted octanol–water partition coefficient (Wildman–Crippen LogP) is 3.16. The van der Waals surface area contributed by atoms with E-state index in [1.165, 1.54) is 5.56 Å². The van der Waals surface area contributed by atoms with Gasteiger partial charge in [0, 0.05) is 24.8 Å². The third-order valence-electron chi connectivity index (χ3n) is 2.85. The molecule has 0 bridgehead atoms. The summed E-state index contributed by atoms with van der Waals surface area (Å²) in [4.78, 5) is 0. The first-order chi connectivity index (χ1) is 8.69. The van der Waals surface area contributed by atoms with Crippen molar-refractivity contribution in [3.05, 3.63) is 29.8 Å². The predicted molar refractivity (Wildman–Crippen MR) is 75.1 cm³/mol. The van der Waals surface area contributed by atoms with E-state index in [0.29, 0.717) is 6.61 Å². The number of ether oxygens (including phenoxy) is 2. The van der Waals surface area contributed by atoms with E-state index in [4.69, 9.17) is 9.47 Å². The molecular formula is C15H25NO2. The average Bonchev–Trinajstić information content (AvgIpc) is 2.37. The molecule has 18 heavy (non-hydrogen) atoms. The van der Waals surface area contributed by atoms with Crippen LogP contribution in [0.25, 0.3) is 0 Å². The van der Waals surface area contributed by atoms with E-state index in [1.807, 2.05) is 32.0 Å². The van der Waals surface area contributed by atoms with Crippen LogP contribution in [-0.2, 0) is 4.74 Å². The molecule has 1 aromatic rings.